The maximum Gasteiger partial charge on any atom is 0.256 e. The lowest BCUT2D eigenvalue weighted by Crippen LogP contribution is -2.35. The fraction of sp³-hybridized carbons (Fsp3) is 0.483. The number of nitrogens with zero attached hydrogens (tertiary/aromatic N) is 6. The molecule has 1 fully saturated rings. The number of aryl methyl sites for hydroxylation is 1. The number of rotatable bonds is 7. The van der Waals surface area contributed by atoms with Crippen LogP contribution >= 0.6 is 11.3 Å². The van der Waals surface area contributed by atoms with Gasteiger partial charge in [-0.05, 0) is 56.5 Å². The van der Waals surface area contributed by atoms with Gasteiger partial charge in [-0.25, -0.2) is 9.67 Å². The molecule has 1 amide bonds. The van der Waals surface area contributed by atoms with Crippen LogP contribution in [0, 0.1) is 12.8 Å². The maximum absolute atomic E-state index is 13.0. The second-order valence-electron chi connectivity index (χ2n) is 11.9. The molecule has 1 aromatic carbocycles. The van der Waals surface area contributed by atoms with Crippen LogP contribution in [0.1, 0.15) is 80.1 Å². The number of piperidine rings is 1. The van der Waals surface area contributed by atoms with Crippen molar-refractivity contribution in [2.75, 3.05) is 25.0 Å². The lowest BCUT2D eigenvalue weighted by atomic mass is 9.93. The van der Waals surface area contributed by atoms with Gasteiger partial charge in [0, 0.05) is 35.7 Å². The van der Waals surface area contributed by atoms with E-state index < -0.39 is 0 Å². The lowest BCUT2D eigenvalue weighted by Gasteiger charge is -2.32. The van der Waals surface area contributed by atoms with Crippen LogP contribution in [0.5, 0.6) is 0 Å². The molecule has 0 saturated carbocycles. The number of carbonyl (C=O) groups is 1. The topological polar surface area (TPSA) is 102 Å². The highest BCUT2D eigenvalue weighted by atomic mass is 32.1. The molecule has 9 nitrogen and oxygen atoms in total. The molecule has 3 aromatic heterocycles. The summed E-state index contributed by atoms with van der Waals surface area (Å²) in [5.41, 5.74) is 2.86. The molecular weight excluding hydrogens is 510 g/mol. The monoisotopic (exact) mass is 547 g/mol. The number of nitrogens with one attached hydrogen (secondary N) is 1. The third kappa shape index (κ3) is 6.28. The van der Waals surface area contributed by atoms with E-state index in [0.29, 0.717) is 29.0 Å². The first-order valence-corrected chi connectivity index (χ1v) is 14.4. The van der Waals surface area contributed by atoms with Crippen molar-refractivity contribution in [2.24, 2.45) is 5.92 Å². The Kier molecular flexibility index (Phi) is 7.68. The zero-order valence-corrected chi connectivity index (χ0v) is 24.4. The zero-order chi connectivity index (χ0) is 27.7. The van der Waals surface area contributed by atoms with Crippen molar-refractivity contribution < 1.29 is 9.32 Å². The minimum absolute atomic E-state index is 0.193. The van der Waals surface area contributed by atoms with E-state index in [-0.39, 0.29) is 11.3 Å². The van der Waals surface area contributed by atoms with Crippen LogP contribution in [0.25, 0.3) is 16.3 Å². The van der Waals surface area contributed by atoms with E-state index in [1.807, 2.05) is 52.2 Å². The Morgan fingerprint density at radius 1 is 1.21 bits per heavy atom. The summed E-state index contributed by atoms with van der Waals surface area (Å²) < 4.78 is 7.11. The average Bonchev–Trinajstić information content (AvgIpc) is 3.65. The molecule has 10 heteroatoms. The maximum atomic E-state index is 13.0. The van der Waals surface area contributed by atoms with Crippen LogP contribution in [0.3, 0.4) is 0 Å². The molecule has 0 spiro atoms. The van der Waals surface area contributed by atoms with Gasteiger partial charge >= 0.3 is 0 Å². The van der Waals surface area contributed by atoms with Crippen molar-refractivity contribution in [3.05, 3.63) is 58.6 Å². The standard InChI is InChI=1S/C29H37N7O2S/c1-18(2)16-35-11-9-20(10-12-35)28-30-15-24(39-28)22-17-36(34-32-22)23-13-21(8-7-19(23)3)27(37)31-26-14-25(38-33-26)29(4,5)6/h7-8,13-15,17-18,20H,9-12,16H2,1-6H3,(H,31,33,37). The first-order valence-electron chi connectivity index (χ1n) is 13.6. The van der Waals surface area contributed by atoms with Gasteiger partial charge in [-0.1, -0.05) is 51.1 Å². The molecule has 1 aliphatic heterocycles. The largest absolute Gasteiger partial charge is 0.359 e. The normalized spacial score (nSPS) is 15.3. The van der Waals surface area contributed by atoms with Gasteiger partial charge < -0.3 is 14.7 Å². The minimum atomic E-state index is -0.267. The van der Waals surface area contributed by atoms with E-state index in [0.717, 1.165) is 47.8 Å². The summed E-state index contributed by atoms with van der Waals surface area (Å²) >= 11 is 1.71. The fourth-order valence-corrected chi connectivity index (χ4v) is 5.88. The summed E-state index contributed by atoms with van der Waals surface area (Å²) in [6, 6.07) is 7.27. The number of hydrogen-bond acceptors (Lipinski definition) is 8. The molecule has 206 valence electrons. The van der Waals surface area contributed by atoms with Crippen LogP contribution in [0.4, 0.5) is 5.82 Å². The third-order valence-corrected chi connectivity index (χ3v) is 8.22. The zero-order valence-electron chi connectivity index (χ0n) is 23.6. The molecule has 0 atom stereocenters. The van der Waals surface area contributed by atoms with E-state index in [2.05, 4.69) is 39.5 Å². The second kappa shape index (κ2) is 11.0. The first-order chi connectivity index (χ1) is 18.6. The van der Waals surface area contributed by atoms with Crippen molar-refractivity contribution in [1.82, 2.24) is 30.0 Å². The minimum Gasteiger partial charge on any atom is -0.359 e. The van der Waals surface area contributed by atoms with Crippen molar-refractivity contribution >= 4 is 23.1 Å². The van der Waals surface area contributed by atoms with Crippen molar-refractivity contribution in [1.29, 1.82) is 0 Å². The predicted octanol–water partition coefficient (Wildman–Crippen LogP) is 6.07. The van der Waals surface area contributed by atoms with Gasteiger partial charge in [0.2, 0.25) is 0 Å². The van der Waals surface area contributed by atoms with Crippen molar-refractivity contribution in [3.63, 3.8) is 0 Å². The average molecular weight is 548 g/mol. The van der Waals surface area contributed by atoms with Crippen LogP contribution < -0.4 is 5.32 Å². The Labute approximate surface area is 233 Å². The van der Waals surface area contributed by atoms with Gasteiger partial charge in [-0.3, -0.25) is 4.79 Å². The Morgan fingerprint density at radius 2 is 1.97 bits per heavy atom. The second-order valence-corrected chi connectivity index (χ2v) is 12.9. The van der Waals surface area contributed by atoms with Crippen LogP contribution in [0.15, 0.2) is 41.2 Å². The number of hydrogen-bond donors (Lipinski definition) is 1. The third-order valence-electron chi connectivity index (χ3n) is 7.04. The fourth-order valence-electron chi connectivity index (χ4n) is 4.84. The first kappa shape index (κ1) is 27.2. The summed E-state index contributed by atoms with van der Waals surface area (Å²) in [7, 11) is 0. The summed E-state index contributed by atoms with van der Waals surface area (Å²) in [4.78, 5) is 21.3. The Morgan fingerprint density at radius 3 is 2.67 bits per heavy atom. The lowest BCUT2D eigenvalue weighted by molar-refractivity contribution is 0.102. The van der Waals surface area contributed by atoms with E-state index >= 15 is 0 Å². The highest BCUT2D eigenvalue weighted by Crippen LogP contribution is 2.34. The van der Waals surface area contributed by atoms with Gasteiger partial charge in [0.15, 0.2) is 5.82 Å². The summed E-state index contributed by atoms with van der Waals surface area (Å²) in [6.45, 7) is 16.1. The number of anilines is 1. The molecule has 39 heavy (non-hydrogen) atoms. The molecule has 4 aromatic rings. The smallest absolute Gasteiger partial charge is 0.256 e. The molecule has 5 rings (SSSR count). The summed E-state index contributed by atoms with van der Waals surface area (Å²) in [6.07, 6.45) is 6.10. The van der Waals surface area contributed by atoms with Gasteiger partial charge in [0.05, 0.1) is 21.8 Å². The number of aromatic nitrogens is 5. The number of amides is 1. The summed E-state index contributed by atoms with van der Waals surface area (Å²) in [5.74, 6) is 2.03. The molecule has 0 bridgehead atoms. The molecular formula is C29H37N7O2S. The molecule has 4 heterocycles. The molecule has 0 unspecified atom stereocenters. The van der Waals surface area contributed by atoms with Crippen molar-refractivity contribution in [3.8, 4) is 16.3 Å². The van der Waals surface area contributed by atoms with E-state index in [1.165, 1.54) is 11.6 Å². The van der Waals surface area contributed by atoms with E-state index in [1.54, 1.807) is 28.2 Å². The van der Waals surface area contributed by atoms with Gasteiger partial charge in [0.1, 0.15) is 11.5 Å². The SMILES string of the molecule is Cc1ccc(C(=O)Nc2cc(C(C)(C)C)on2)cc1-n1cc(-c2cnc(C3CCN(CC(C)C)CC3)s2)nn1. The van der Waals surface area contributed by atoms with Gasteiger partial charge in [-0.2, -0.15) is 0 Å². The number of benzene rings is 1. The molecule has 1 N–H and O–H groups in total. The van der Waals surface area contributed by atoms with Crippen molar-refractivity contribution in [2.45, 2.75) is 65.7 Å². The molecule has 0 aliphatic carbocycles. The van der Waals surface area contributed by atoms with Crippen LogP contribution in [-0.2, 0) is 5.41 Å². The number of likely N-dealkylation sites (tertiary alicyclic amines) is 1. The number of carbonyl (C=O) groups excluding carboxylic acids is 1. The Bertz CT molecular complexity index is 1440. The molecule has 1 saturated heterocycles. The highest BCUT2D eigenvalue weighted by molar-refractivity contribution is 7.15. The van der Waals surface area contributed by atoms with Gasteiger partial charge in [0.25, 0.3) is 5.91 Å². The number of thiazole rings is 1. The molecule has 0 radical (unpaired) electrons. The predicted molar refractivity (Wildman–Crippen MR) is 154 cm³/mol. The quantitative estimate of drug-likeness (QED) is 0.299. The van der Waals surface area contributed by atoms with Gasteiger partial charge in [-0.15, -0.1) is 16.4 Å². The van der Waals surface area contributed by atoms with Crippen LogP contribution in [-0.4, -0.2) is 55.6 Å². The Hall–Kier alpha value is -3.37. The summed E-state index contributed by atoms with van der Waals surface area (Å²) in [5, 5.41) is 16.8. The van der Waals surface area contributed by atoms with E-state index in [9.17, 15) is 4.79 Å². The Balaban J connectivity index is 1.28. The molecule has 1 aliphatic rings. The van der Waals surface area contributed by atoms with E-state index in [4.69, 9.17) is 9.51 Å². The highest BCUT2D eigenvalue weighted by Gasteiger charge is 2.24. The van der Waals surface area contributed by atoms with Crippen LogP contribution in [0.2, 0.25) is 0 Å².